The highest BCUT2D eigenvalue weighted by molar-refractivity contribution is 5.76. The van der Waals surface area contributed by atoms with Crippen LogP contribution in [-0.2, 0) is 4.79 Å². The number of carbonyl (C=O) groups excluding carboxylic acids is 1. The van der Waals surface area contributed by atoms with E-state index in [9.17, 15) is 4.79 Å². The number of nitrogens with one attached hydrogen (secondary N) is 1. The van der Waals surface area contributed by atoms with Crippen molar-refractivity contribution in [1.29, 1.82) is 0 Å². The van der Waals surface area contributed by atoms with Crippen LogP contribution >= 0.6 is 0 Å². The maximum absolute atomic E-state index is 11.9. The smallest absolute Gasteiger partial charge is 0.221 e. The summed E-state index contributed by atoms with van der Waals surface area (Å²) in [5, 5.41) is 2.91. The van der Waals surface area contributed by atoms with E-state index >= 15 is 0 Å². The summed E-state index contributed by atoms with van der Waals surface area (Å²) in [5.74, 6) is 2.44. The van der Waals surface area contributed by atoms with E-state index in [4.69, 9.17) is 9.47 Å². The van der Waals surface area contributed by atoms with Gasteiger partial charge in [0.25, 0.3) is 0 Å². The Hall–Kier alpha value is -1.75. The Bertz CT molecular complexity index is 476. The van der Waals surface area contributed by atoms with E-state index in [-0.39, 0.29) is 5.91 Å². The summed E-state index contributed by atoms with van der Waals surface area (Å²) in [6.45, 7) is 6.38. The predicted molar refractivity (Wildman–Crippen MR) is 91.0 cm³/mol. The lowest BCUT2D eigenvalue weighted by Gasteiger charge is -2.30. The minimum absolute atomic E-state index is 0.0987. The molecule has 0 spiro atoms. The van der Waals surface area contributed by atoms with E-state index in [2.05, 4.69) is 17.1 Å². The molecular weight excluding hydrogens is 292 g/mol. The third-order valence-corrected chi connectivity index (χ3v) is 4.15. The van der Waals surface area contributed by atoms with Gasteiger partial charge < -0.3 is 19.7 Å². The maximum atomic E-state index is 11.9. The second-order valence-corrected chi connectivity index (χ2v) is 6.17. The summed E-state index contributed by atoms with van der Waals surface area (Å²) in [6.07, 6.45) is 3.12. The molecule has 0 saturated carbocycles. The van der Waals surface area contributed by atoms with Gasteiger partial charge in [0.05, 0.1) is 13.7 Å². The third-order valence-electron chi connectivity index (χ3n) is 4.15. The number of amides is 1. The van der Waals surface area contributed by atoms with E-state index in [0.29, 0.717) is 19.6 Å². The number of rotatable bonds is 8. The highest BCUT2D eigenvalue weighted by atomic mass is 16.5. The molecule has 0 aromatic heterocycles. The highest BCUT2D eigenvalue weighted by Gasteiger charge is 2.16. The summed E-state index contributed by atoms with van der Waals surface area (Å²) >= 11 is 0. The molecule has 23 heavy (non-hydrogen) atoms. The lowest BCUT2D eigenvalue weighted by Crippen LogP contribution is -2.37. The molecule has 1 fully saturated rings. The van der Waals surface area contributed by atoms with Crippen molar-refractivity contribution in [1.82, 2.24) is 10.2 Å². The molecule has 1 heterocycles. The molecule has 5 heteroatoms. The molecule has 0 radical (unpaired) electrons. The van der Waals surface area contributed by atoms with E-state index in [1.807, 2.05) is 24.3 Å². The Morgan fingerprint density at radius 2 is 2.04 bits per heavy atom. The summed E-state index contributed by atoms with van der Waals surface area (Å²) < 4.78 is 10.7. The second-order valence-electron chi connectivity index (χ2n) is 6.17. The molecule has 1 saturated heterocycles. The summed E-state index contributed by atoms with van der Waals surface area (Å²) in [4.78, 5) is 14.2. The van der Waals surface area contributed by atoms with Gasteiger partial charge in [0, 0.05) is 19.5 Å². The SMILES string of the molecule is COc1ccc(OCCNC(=O)CCN2CCCC(C)C2)cc1. The molecule has 1 N–H and O–H groups in total. The average molecular weight is 320 g/mol. The van der Waals surface area contributed by atoms with Crippen LogP contribution in [-0.4, -0.2) is 50.7 Å². The quantitative estimate of drug-likeness (QED) is 0.747. The Labute approximate surface area is 139 Å². The lowest BCUT2D eigenvalue weighted by atomic mass is 10.0. The van der Waals surface area contributed by atoms with Crippen LogP contribution in [0.3, 0.4) is 0 Å². The van der Waals surface area contributed by atoms with Crippen molar-refractivity contribution in [2.75, 3.05) is 39.9 Å². The summed E-state index contributed by atoms with van der Waals surface area (Å²) in [5.41, 5.74) is 0. The fourth-order valence-electron chi connectivity index (χ4n) is 2.87. The van der Waals surface area contributed by atoms with Crippen LogP contribution in [0.5, 0.6) is 11.5 Å². The monoisotopic (exact) mass is 320 g/mol. The van der Waals surface area contributed by atoms with Crippen molar-refractivity contribution in [2.24, 2.45) is 5.92 Å². The molecule has 128 valence electrons. The molecule has 1 amide bonds. The van der Waals surface area contributed by atoms with Gasteiger partial charge in [0.1, 0.15) is 18.1 Å². The zero-order valence-corrected chi connectivity index (χ0v) is 14.2. The van der Waals surface area contributed by atoms with Gasteiger partial charge in [-0.15, -0.1) is 0 Å². The zero-order valence-electron chi connectivity index (χ0n) is 14.2. The standard InChI is InChI=1S/C18H28N2O3/c1-15-4-3-11-20(14-15)12-9-18(21)19-10-13-23-17-7-5-16(22-2)6-8-17/h5-8,15H,3-4,9-14H2,1-2H3,(H,19,21). The minimum Gasteiger partial charge on any atom is -0.497 e. The van der Waals surface area contributed by atoms with E-state index in [0.717, 1.165) is 37.1 Å². The van der Waals surface area contributed by atoms with Crippen molar-refractivity contribution in [3.63, 3.8) is 0 Å². The van der Waals surface area contributed by atoms with Gasteiger partial charge in [-0.25, -0.2) is 0 Å². The molecule has 1 unspecified atom stereocenters. The third kappa shape index (κ3) is 6.48. The number of nitrogens with zero attached hydrogens (tertiary/aromatic N) is 1. The van der Waals surface area contributed by atoms with Gasteiger partial charge >= 0.3 is 0 Å². The van der Waals surface area contributed by atoms with E-state index in [1.54, 1.807) is 7.11 Å². The van der Waals surface area contributed by atoms with Gasteiger partial charge in [0.2, 0.25) is 5.91 Å². The van der Waals surface area contributed by atoms with Gasteiger partial charge in [-0.3, -0.25) is 4.79 Å². The average Bonchev–Trinajstić information content (AvgIpc) is 2.57. The minimum atomic E-state index is 0.0987. The van der Waals surface area contributed by atoms with Crippen LogP contribution in [0.2, 0.25) is 0 Å². The molecule has 1 aliphatic rings. The van der Waals surface area contributed by atoms with Gasteiger partial charge in [0.15, 0.2) is 0 Å². The lowest BCUT2D eigenvalue weighted by molar-refractivity contribution is -0.121. The predicted octanol–water partition coefficient (Wildman–Crippen LogP) is 2.31. The van der Waals surface area contributed by atoms with Crippen LogP contribution in [0.25, 0.3) is 0 Å². The number of hydrogen-bond acceptors (Lipinski definition) is 4. The van der Waals surface area contributed by atoms with E-state index < -0.39 is 0 Å². The van der Waals surface area contributed by atoms with Gasteiger partial charge in [-0.2, -0.15) is 0 Å². The summed E-state index contributed by atoms with van der Waals surface area (Å²) in [6, 6.07) is 7.43. The Morgan fingerprint density at radius 1 is 1.30 bits per heavy atom. The fourth-order valence-corrected chi connectivity index (χ4v) is 2.87. The molecule has 0 bridgehead atoms. The van der Waals surface area contributed by atoms with Crippen molar-refractivity contribution in [3.8, 4) is 11.5 Å². The van der Waals surface area contributed by atoms with Crippen LogP contribution < -0.4 is 14.8 Å². The second kappa shape index (κ2) is 9.40. The molecule has 2 rings (SSSR count). The molecule has 1 aromatic carbocycles. The molecule has 1 aliphatic heterocycles. The Balaban J connectivity index is 1.55. The van der Waals surface area contributed by atoms with Crippen LogP contribution in [0.15, 0.2) is 24.3 Å². The van der Waals surface area contributed by atoms with Crippen LogP contribution in [0, 0.1) is 5.92 Å². The molecular formula is C18H28N2O3. The molecule has 5 nitrogen and oxygen atoms in total. The van der Waals surface area contributed by atoms with Crippen molar-refractivity contribution >= 4 is 5.91 Å². The number of hydrogen-bond donors (Lipinski definition) is 1. The molecule has 1 atom stereocenters. The Morgan fingerprint density at radius 3 is 2.74 bits per heavy atom. The summed E-state index contributed by atoms with van der Waals surface area (Å²) in [7, 11) is 1.63. The van der Waals surface area contributed by atoms with Gasteiger partial charge in [-0.1, -0.05) is 6.92 Å². The fraction of sp³-hybridized carbons (Fsp3) is 0.611. The number of benzene rings is 1. The first-order chi connectivity index (χ1) is 11.2. The number of carbonyl (C=O) groups is 1. The van der Waals surface area contributed by atoms with E-state index in [1.165, 1.54) is 12.8 Å². The number of piperidine rings is 1. The van der Waals surface area contributed by atoms with Crippen molar-refractivity contribution in [2.45, 2.75) is 26.2 Å². The first kappa shape index (κ1) is 17.6. The highest BCUT2D eigenvalue weighted by Crippen LogP contribution is 2.17. The first-order valence-corrected chi connectivity index (χ1v) is 8.43. The van der Waals surface area contributed by atoms with Crippen molar-refractivity contribution < 1.29 is 14.3 Å². The Kier molecular flexibility index (Phi) is 7.20. The van der Waals surface area contributed by atoms with Gasteiger partial charge in [-0.05, 0) is 49.6 Å². The molecule has 1 aromatic rings. The largest absolute Gasteiger partial charge is 0.497 e. The van der Waals surface area contributed by atoms with Crippen LogP contribution in [0.1, 0.15) is 26.2 Å². The first-order valence-electron chi connectivity index (χ1n) is 8.43. The zero-order chi connectivity index (χ0) is 16.5. The van der Waals surface area contributed by atoms with Crippen LogP contribution in [0.4, 0.5) is 0 Å². The topological polar surface area (TPSA) is 50.8 Å². The van der Waals surface area contributed by atoms with Crippen molar-refractivity contribution in [3.05, 3.63) is 24.3 Å². The maximum Gasteiger partial charge on any atom is 0.221 e. The number of ether oxygens (including phenoxy) is 2. The number of methoxy groups -OCH3 is 1. The number of likely N-dealkylation sites (tertiary alicyclic amines) is 1. The normalized spacial score (nSPS) is 18.4. The molecule has 0 aliphatic carbocycles.